The normalized spacial score (nSPS) is 10.7. The van der Waals surface area contributed by atoms with Crippen molar-refractivity contribution in [1.29, 1.82) is 0 Å². The molecule has 2 nitrogen and oxygen atoms in total. The SMILES string of the molecule is Cc1cccc(/C=C/C(=O)c2ccc(N)cc2)c1. The Morgan fingerprint density at radius 2 is 1.83 bits per heavy atom. The first-order valence-electron chi connectivity index (χ1n) is 5.80. The van der Waals surface area contributed by atoms with Gasteiger partial charge in [-0.3, -0.25) is 4.79 Å². The minimum absolute atomic E-state index is 0.0171. The van der Waals surface area contributed by atoms with E-state index in [2.05, 4.69) is 0 Å². The van der Waals surface area contributed by atoms with Gasteiger partial charge in [0.25, 0.3) is 0 Å². The summed E-state index contributed by atoms with van der Waals surface area (Å²) in [6, 6.07) is 14.9. The summed E-state index contributed by atoms with van der Waals surface area (Å²) < 4.78 is 0. The summed E-state index contributed by atoms with van der Waals surface area (Å²) in [7, 11) is 0. The van der Waals surface area contributed by atoms with Crippen molar-refractivity contribution in [1.82, 2.24) is 0 Å². The third-order valence-electron chi connectivity index (χ3n) is 2.66. The van der Waals surface area contributed by atoms with Crippen molar-refractivity contribution in [3.05, 3.63) is 71.3 Å². The zero-order chi connectivity index (χ0) is 13.0. The minimum Gasteiger partial charge on any atom is -0.399 e. The van der Waals surface area contributed by atoms with Crippen LogP contribution in [0.3, 0.4) is 0 Å². The monoisotopic (exact) mass is 237 g/mol. The number of anilines is 1. The van der Waals surface area contributed by atoms with E-state index in [9.17, 15) is 4.79 Å². The number of rotatable bonds is 3. The molecule has 0 spiro atoms. The molecule has 0 atom stereocenters. The van der Waals surface area contributed by atoms with Crippen molar-refractivity contribution in [2.24, 2.45) is 0 Å². The lowest BCUT2D eigenvalue weighted by molar-refractivity contribution is 0.104. The molecule has 0 fully saturated rings. The molecule has 0 saturated heterocycles. The van der Waals surface area contributed by atoms with Gasteiger partial charge in [-0.2, -0.15) is 0 Å². The molecule has 0 heterocycles. The molecule has 0 unspecified atom stereocenters. The van der Waals surface area contributed by atoms with Crippen LogP contribution < -0.4 is 5.73 Å². The first-order valence-corrected chi connectivity index (χ1v) is 5.80. The van der Waals surface area contributed by atoms with E-state index < -0.39 is 0 Å². The summed E-state index contributed by atoms with van der Waals surface area (Å²) in [6.45, 7) is 2.03. The third-order valence-corrected chi connectivity index (χ3v) is 2.66. The Labute approximate surface area is 107 Å². The van der Waals surface area contributed by atoms with E-state index in [1.807, 2.05) is 37.3 Å². The predicted octanol–water partition coefficient (Wildman–Crippen LogP) is 3.47. The largest absolute Gasteiger partial charge is 0.399 e. The molecule has 90 valence electrons. The Hall–Kier alpha value is -2.35. The van der Waals surface area contributed by atoms with Crippen LogP contribution in [-0.4, -0.2) is 5.78 Å². The minimum atomic E-state index is -0.0171. The van der Waals surface area contributed by atoms with Crippen LogP contribution in [0.5, 0.6) is 0 Å². The van der Waals surface area contributed by atoms with Crippen LogP contribution in [0.15, 0.2) is 54.6 Å². The average Bonchev–Trinajstić information content (AvgIpc) is 2.37. The number of aryl methyl sites for hydroxylation is 1. The van der Waals surface area contributed by atoms with Gasteiger partial charge < -0.3 is 5.73 Å². The second-order valence-corrected chi connectivity index (χ2v) is 4.23. The lowest BCUT2D eigenvalue weighted by Crippen LogP contribution is -1.94. The summed E-state index contributed by atoms with van der Waals surface area (Å²) in [5.41, 5.74) is 9.09. The second kappa shape index (κ2) is 5.32. The van der Waals surface area contributed by atoms with E-state index in [1.54, 1.807) is 30.3 Å². The number of ketones is 1. The van der Waals surface area contributed by atoms with Crippen LogP contribution in [-0.2, 0) is 0 Å². The van der Waals surface area contributed by atoms with Crippen LogP contribution >= 0.6 is 0 Å². The summed E-state index contributed by atoms with van der Waals surface area (Å²) in [5, 5.41) is 0. The van der Waals surface area contributed by atoms with Gasteiger partial charge in [0.15, 0.2) is 5.78 Å². The fourth-order valence-electron chi connectivity index (χ4n) is 1.69. The molecule has 18 heavy (non-hydrogen) atoms. The van der Waals surface area contributed by atoms with Gasteiger partial charge in [-0.05, 0) is 42.8 Å². The number of hydrogen-bond acceptors (Lipinski definition) is 2. The fourth-order valence-corrected chi connectivity index (χ4v) is 1.69. The van der Waals surface area contributed by atoms with Crippen molar-refractivity contribution in [3.63, 3.8) is 0 Å². The van der Waals surface area contributed by atoms with Crippen LogP contribution in [0.1, 0.15) is 21.5 Å². The first kappa shape index (κ1) is 12.1. The maximum atomic E-state index is 11.9. The van der Waals surface area contributed by atoms with E-state index in [0.29, 0.717) is 11.3 Å². The number of nitrogen functional groups attached to an aromatic ring is 1. The van der Waals surface area contributed by atoms with E-state index in [0.717, 1.165) is 5.56 Å². The highest BCUT2D eigenvalue weighted by molar-refractivity contribution is 6.06. The molecular weight excluding hydrogens is 222 g/mol. The summed E-state index contributed by atoms with van der Waals surface area (Å²) in [6.07, 6.45) is 3.41. The van der Waals surface area contributed by atoms with Gasteiger partial charge in [0.05, 0.1) is 0 Å². The molecule has 0 aliphatic carbocycles. The lowest BCUT2D eigenvalue weighted by Gasteiger charge is -1.98. The van der Waals surface area contributed by atoms with Crippen molar-refractivity contribution >= 4 is 17.5 Å². The maximum absolute atomic E-state index is 11.9. The smallest absolute Gasteiger partial charge is 0.185 e. The molecule has 2 rings (SSSR count). The Balaban J connectivity index is 2.14. The molecule has 2 N–H and O–H groups in total. The summed E-state index contributed by atoms with van der Waals surface area (Å²) >= 11 is 0. The van der Waals surface area contributed by atoms with Crippen molar-refractivity contribution < 1.29 is 4.79 Å². The van der Waals surface area contributed by atoms with Gasteiger partial charge in [-0.1, -0.05) is 35.9 Å². The number of carbonyl (C=O) groups is 1. The zero-order valence-electron chi connectivity index (χ0n) is 10.3. The second-order valence-electron chi connectivity index (χ2n) is 4.23. The van der Waals surface area contributed by atoms with E-state index in [-0.39, 0.29) is 5.78 Å². The van der Waals surface area contributed by atoms with Crippen LogP contribution in [0, 0.1) is 6.92 Å². The highest BCUT2D eigenvalue weighted by atomic mass is 16.1. The van der Waals surface area contributed by atoms with Crippen molar-refractivity contribution in [2.75, 3.05) is 5.73 Å². The molecule has 2 aromatic carbocycles. The Morgan fingerprint density at radius 3 is 2.50 bits per heavy atom. The van der Waals surface area contributed by atoms with Gasteiger partial charge >= 0.3 is 0 Å². The number of allylic oxidation sites excluding steroid dienone is 1. The van der Waals surface area contributed by atoms with Gasteiger partial charge in [0.1, 0.15) is 0 Å². The van der Waals surface area contributed by atoms with Crippen molar-refractivity contribution in [2.45, 2.75) is 6.92 Å². The highest BCUT2D eigenvalue weighted by Gasteiger charge is 2.00. The molecule has 0 aliphatic heterocycles. The van der Waals surface area contributed by atoms with Crippen LogP contribution in [0.2, 0.25) is 0 Å². The average molecular weight is 237 g/mol. The van der Waals surface area contributed by atoms with Crippen LogP contribution in [0.25, 0.3) is 6.08 Å². The molecule has 2 aromatic rings. The predicted molar refractivity (Wildman–Crippen MR) is 75.4 cm³/mol. The number of hydrogen-bond donors (Lipinski definition) is 1. The quantitative estimate of drug-likeness (QED) is 0.504. The zero-order valence-corrected chi connectivity index (χ0v) is 10.3. The topological polar surface area (TPSA) is 43.1 Å². The molecule has 0 bridgehead atoms. The number of benzene rings is 2. The Morgan fingerprint density at radius 1 is 1.11 bits per heavy atom. The summed E-state index contributed by atoms with van der Waals surface area (Å²) in [4.78, 5) is 11.9. The van der Waals surface area contributed by atoms with Crippen LogP contribution in [0.4, 0.5) is 5.69 Å². The number of carbonyl (C=O) groups excluding carboxylic acids is 1. The van der Waals surface area contributed by atoms with E-state index in [4.69, 9.17) is 5.73 Å². The first-order chi connectivity index (χ1) is 8.65. The lowest BCUT2D eigenvalue weighted by atomic mass is 10.1. The highest BCUT2D eigenvalue weighted by Crippen LogP contribution is 2.09. The fraction of sp³-hybridized carbons (Fsp3) is 0.0625. The van der Waals surface area contributed by atoms with Crippen molar-refractivity contribution in [3.8, 4) is 0 Å². The Bertz CT molecular complexity index is 582. The van der Waals surface area contributed by atoms with Gasteiger partial charge in [0, 0.05) is 11.3 Å². The van der Waals surface area contributed by atoms with E-state index in [1.165, 1.54) is 5.56 Å². The van der Waals surface area contributed by atoms with E-state index >= 15 is 0 Å². The number of nitrogens with two attached hydrogens (primary N) is 1. The molecule has 0 amide bonds. The molecule has 0 aliphatic rings. The summed E-state index contributed by atoms with van der Waals surface area (Å²) in [5.74, 6) is -0.0171. The third kappa shape index (κ3) is 3.08. The van der Waals surface area contributed by atoms with Gasteiger partial charge in [-0.25, -0.2) is 0 Å². The maximum Gasteiger partial charge on any atom is 0.185 e. The molecule has 0 radical (unpaired) electrons. The standard InChI is InChI=1S/C16H15NO/c1-12-3-2-4-13(11-12)5-10-16(18)14-6-8-15(17)9-7-14/h2-11H,17H2,1H3/b10-5+. The molecular formula is C16H15NO. The van der Waals surface area contributed by atoms with Gasteiger partial charge in [-0.15, -0.1) is 0 Å². The molecule has 0 aromatic heterocycles. The molecule has 0 saturated carbocycles. The van der Waals surface area contributed by atoms with Gasteiger partial charge in [0.2, 0.25) is 0 Å². The molecule has 2 heteroatoms. The Kier molecular flexibility index (Phi) is 3.58.